The monoisotopic (exact) mass is 584 g/mol. The van der Waals surface area contributed by atoms with Crippen LogP contribution in [0.5, 0.6) is 11.5 Å². The van der Waals surface area contributed by atoms with E-state index in [-0.39, 0.29) is 12.2 Å². The van der Waals surface area contributed by atoms with E-state index >= 15 is 0 Å². The molecule has 0 saturated carbocycles. The highest BCUT2D eigenvalue weighted by Gasteiger charge is 2.20. The van der Waals surface area contributed by atoms with Gasteiger partial charge in [0.1, 0.15) is 6.61 Å². The van der Waals surface area contributed by atoms with Crippen LogP contribution in [0.3, 0.4) is 0 Å². The van der Waals surface area contributed by atoms with E-state index in [4.69, 9.17) is 37.7 Å². The van der Waals surface area contributed by atoms with Crippen molar-refractivity contribution in [1.29, 1.82) is 0 Å². The van der Waals surface area contributed by atoms with E-state index in [2.05, 4.69) is 0 Å². The molecule has 6 aromatic rings. The fourth-order valence-corrected chi connectivity index (χ4v) is 5.93. The van der Waals surface area contributed by atoms with Crippen LogP contribution >= 0.6 is 34.5 Å². The van der Waals surface area contributed by atoms with E-state index in [0.29, 0.717) is 31.0 Å². The second-order valence-electron chi connectivity index (χ2n) is 9.01. The molecule has 198 valence electrons. The number of hydrogen-bond acceptors (Lipinski definition) is 5. The number of fused-ring (bicyclic) bond motifs is 1. The number of halogens is 2. The molecule has 2 aromatic heterocycles. The number of hydrogen-bond donors (Lipinski definition) is 0. The lowest BCUT2D eigenvalue weighted by Crippen LogP contribution is -2.23. The number of methoxy groups -OCH3 is 1. The Morgan fingerprint density at radius 1 is 0.875 bits per heavy atom. The standard InChI is InChI=1S/C32H22Cl2N2O3S/c1-38-27-16-20(12-15-26(27)39-19-23-13-14-24(33)18-25(23)34)17-28-31(37)36-30(22-10-6-3-7-11-22)29(35-32(36)40-28)21-8-4-2-5-9-21/h2-18H,19H2,1H3/b28-17+. The first kappa shape index (κ1) is 26.1. The fraction of sp³-hybridized carbons (Fsp3) is 0.0625. The minimum absolute atomic E-state index is 0.120. The lowest BCUT2D eigenvalue weighted by Gasteiger charge is -2.12. The van der Waals surface area contributed by atoms with Crippen molar-refractivity contribution in [3.05, 3.63) is 133 Å². The van der Waals surface area contributed by atoms with Crippen LogP contribution in [0.4, 0.5) is 0 Å². The third-order valence-electron chi connectivity index (χ3n) is 6.44. The van der Waals surface area contributed by atoms with Gasteiger partial charge >= 0.3 is 0 Å². The van der Waals surface area contributed by atoms with Gasteiger partial charge in [-0.3, -0.25) is 4.79 Å². The fourth-order valence-electron chi connectivity index (χ4n) is 4.50. The Labute approximate surface area is 244 Å². The molecule has 5 nitrogen and oxygen atoms in total. The molecule has 0 bridgehead atoms. The summed E-state index contributed by atoms with van der Waals surface area (Å²) < 4.78 is 13.8. The molecule has 0 aliphatic carbocycles. The van der Waals surface area contributed by atoms with Gasteiger partial charge < -0.3 is 9.47 Å². The Morgan fingerprint density at radius 3 is 2.30 bits per heavy atom. The van der Waals surface area contributed by atoms with Crippen molar-refractivity contribution < 1.29 is 9.47 Å². The minimum atomic E-state index is -0.120. The summed E-state index contributed by atoms with van der Waals surface area (Å²) in [5, 5.41) is 1.10. The highest BCUT2D eigenvalue weighted by Crippen LogP contribution is 2.33. The van der Waals surface area contributed by atoms with Crippen LogP contribution in [0.1, 0.15) is 11.1 Å². The number of nitrogens with zero attached hydrogens (tertiary/aromatic N) is 2. The van der Waals surface area contributed by atoms with Crippen LogP contribution in [0.2, 0.25) is 10.0 Å². The van der Waals surface area contributed by atoms with E-state index in [0.717, 1.165) is 33.6 Å². The van der Waals surface area contributed by atoms with Crippen LogP contribution < -0.4 is 19.6 Å². The molecule has 6 rings (SSSR count). The SMILES string of the molecule is COc1cc(/C=c2/sc3nc(-c4ccccc4)c(-c4ccccc4)n3c2=O)ccc1OCc1ccc(Cl)cc1Cl. The van der Waals surface area contributed by atoms with E-state index in [1.54, 1.807) is 23.6 Å². The number of benzene rings is 4. The summed E-state index contributed by atoms with van der Waals surface area (Å²) in [5.74, 6) is 1.11. The molecule has 0 N–H and O–H groups in total. The molecule has 0 fully saturated rings. The second-order valence-corrected chi connectivity index (χ2v) is 10.9. The lowest BCUT2D eigenvalue weighted by molar-refractivity contribution is 0.284. The van der Waals surface area contributed by atoms with E-state index in [1.807, 2.05) is 91.0 Å². The van der Waals surface area contributed by atoms with Crippen LogP contribution in [-0.2, 0) is 6.61 Å². The average molecular weight is 586 g/mol. The molecular formula is C32H22Cl2N2O3S. The summed E-state index contributed by atoms with van der Waals surface area (Å²) in [6, 6.07) is 30.6. The third kappa shape index (κ3) is 5.09. The summed E-state index contributed by atoms with van der Waals surface area (Å²) in [5.41, 5.74) is 4.95. The maximum Gasteiger partial charge on any atom is 0.274 e. The Morgan fingerprint density at radius 2 is 1.60 bits per heavy atom. The molecule has 8 heteroatoms. The summed E-state index contributed by atoms with van der Waals surface area (Å²) in [4.78, 5) is 19.3. The molecule has 4 aromatic carbocycles. The van der Waals surface area contributed by atoms with Crippen molar-refractivity contribution in [2.75, 3.05) is 7.11 Å². The Balaban J connectivity index is 1.38. The molecule has 40 heavy (non-hydrogen) atoms. The van der Waals surface area contributed by atoms with Crippen LogP contribution in [-0.4, -0.2) is 16.5 Å². The van der Waals surface area contributed by atoms with Gasteiger partial charge in [0.2, 0.25) is 0 Å². The molecule has 0 atom stereocenters. The summed E-state index contributed by atoms with van der Waals surface area (Å²) in [7, 11) is 1.58. The van der Waals surface area contributed by atoms with Crippen molar-refractivity contribution in [2.45, 2.75) is 6.61 Å². The largest absolute Gasteiger partial charge is 0.493 e. The summed E-state index contributed by atoms with van der Waals surface area (Å²) in [6.07, 6.45) is 1.85. The van der Waals surface area contributed by atoms with Gasteiger partial charge in [0.05, 0.1) is 23.0 Å². The normalized spacial score (nSPS) is 11.7. The van der Waals surface area contributed by atoms with Crippen LogP contribution in [0, 0.1) is 0 Å². The molecule has 0 amide bonds. The van der Waals surface area contributed by atoms with Crippen molar-refractivity contribution in [3.8, 4) is 34.0 Å². The smallest absolute Gasteiger partial charge is 0.274 e. The topological polar surface area (TPSA) is 52.8 Å². The molecule has 0 saturated heterocycles. The number of thiazole rings is 1. The Bertz CT molecular complexity index is 1940. The van der Waals surface area contributed by atoms with Gasteiger partial charge in [0.25, 0.3) is 5.56 Å². The lowest BCUT2D eigenvalue weighted by atomic mass is 10.1. The zero-order valence-electron chi connectivity index (χ0n) is 21.3. The zero-order chi connectivity index (χ0) is 27.6. The highest BCUT2D eigenvalue weighted by molar-refractivity contribution is 7.15. The molecule has 0 radical (unpaired) electrons. The van der Waals surface area contributed by atoms with Crippen molar-refractivity contribution in [3.63, 3.8) is 0 Å². The van der Waals surface area contributed by atoms with Gasteiger partial charge in [-0.1, -0.05) is 107 Å². The van der Waals surface area contributed by atoms with Gasteiger partial charge in [-0.05, 0) is 35.9 Å². The van der Waals surface area contributed by atoms with E-state index in [1.165, 1.54) is 11.3 Å². The highest BCUT2D eigenvalue weighted by atomic mass is 35.5. The Kier molecular flexibility index (Phi) is 7.30. The van der Waals surface area contributed by atoms with Gasteiger partial charge in [-0.15, -0.1) is 0 Å². The first-order valence-electron chi connectivity index (χ1n) is 12.4. The number of rotatable bonds is 7. The number of ether oxygens (including phenoxy) is 2. The average Bonchev–Trinajstić information content (AvgIpc) is 3.50. The Hall–Kier alpha value is -4.10. The number of imidazole rings is 1. The first-order chi connectivity index (χ1) is 19.5. The van der Waals surface area contributed by atoms with E-state index in [9.17, 15) is 4.79 Å². The first-order valence-corrected chi connectivity index (χ1v) is 14.0. The molecule has 0 aliphatic rings. The van der Waals surface area contributed by atoms with Gasteiger partial charge in [0.15, 0.2) is 16.5 Å². The zero-order valence-corrected chi connectivity index (χ0v) is 23.6. The summed E-state index contributed by atoms with van der Waals surface area (Å²) in [6.45, 7) is 0.258. The maximum atomic E-state index is 13.7. The van der Waals surface area contributed by atoms with Crippen molar-refractivity contribution >= 4 is 45.6 Å². The van der Waals surface area contributed by atoms with Gasteiger partial charge in [-0.25, -0.2) is 9.38 Å². The quantitative estimate of drug-likeness (QED) is 0.194. The number of aromatic nitrogens is 2. The molecule has 2 heterocycles. The maximum absolute atomic E-state index is 13.7. The third-order valence-corrected chi connectivity index (χ3v) is 8.00. The van der Waals surface area contributed by atoms with Crippen molar-refractivity contribution in [2.24, 2.45) is 0 Å². The van der Waals surface area contributed by atoms with Crippen molar-refractivity contribution in [1.82, 2.24) is 9.38 Å². The summed E-state index contributed by atoms with van der Waals surface area (Å²) >= 11 is 13.6. The molecule has 0 unspecified atom stereocenters. The van der Waals surface area contributed by atoms with E-state index < -0.39 is 0 Å². The second kappa shape index (κ2) is 11.2. The molecule has 0 aliphatic heterocycles. The molecular weight excluding hydrogens is 563 g/mol. The predicted molar refractivity (Wildman–Crippen MR) is 163 cm³/mol. The van der Waals surface area contributed by atoms with Gasteiger partial charge in [0, 0.05) is 26.7 Å². The van der Waals surface area contributed by atoms with Crippen LogP contribution in [0.15, 0.2) is 102 Å². The molecule has 0 spiro atoms. The minimum Gasteiger partial charge on any atom is -0.493 e. The van der Waals surface area contributed by atoms with Crippen LogP contribution in [0.25, 0.3) is 33.6 Å². The predicted octanol–water partition coefficient (Wildman–Crippen LogP) is 7.53. The van der Waals surface area contributed by atoms with Gasteiger partial charge in [-0.2, -0.15) is 0 Å².